The lowest BCUT2D eigenvalue weighted by molar-refractivity contribution is -0.139. The number of amides is 1. The molecular weight excluding hydrogens is 460 g/mol. The summed E-state index contributed by atoms with van der Waals surface area (Å²) in [7, 11) is 0. The smallest absolute Gasteiger partial charge is 0.322 e. The standard InChI is InChI=1S/C28H30N2O6/c1-28(2,27(33)29-17-26(31)32)14-3-4-15-34-25-7-5-6-22(30-25)20-10-8-19(9-11-20)21-12-13-23-24(16-21)36-18-35-23/h5-13,16H,3-4,14-15,17-18H2,1-2H3,(H,29,33)(H,31,32). The molecule has 2 heterocycles. The number of rotatable bonds is 11. The van der Waals surface area contributed by atoms with Gasteiger partial charge in [-0.3, -0.25) is 9.59 Å². The van der Waals surface area contributed by atoms with Crippen LogP contribution >= 0.6 is 0 Å². The molecule has 0 saturated heterocycles. The Morgan fingerprint density at radius 1 is 0.972 bits per heavy atom. The fraction of sp³-hybridized carbons (Fsp3) is 0.321. The molecule has 8 heteroatoms. The van der Waals surface area contributed by atoms with E-state index in [2.05, 4.69) is 22.4 Å². The quantitative estimate of drug-likeness (QED) is 0.367. The van der Waals surface area contributed by atoms with Crippen LogP contribution in [0.15, 0.2) is 60.7 Å². The number of unbranched alkanes of at least 4 members (excludes halogenated alkanes) is 1. The lowest BCUT2D eigenvalue weighted by Crippen LogP contribution is -2.39. The third kappa shape index (κ3) is 6.33. The van der Waals surface area contributed by atoms with E-state index in [0.29, 0.717) is 18.9 Å². The average molecular weight is 491 g/mol. The molecule has 4 rings (SSSR count). The van der Waals surface area contributed by atoms with Gasteiger partial charge in [0.1, 0.15) is 6.54 Å². The molecule has 8 nitrogen and oxygen atoms in total. The third-order valence-electron chi connectivity index (χ3n) is 6.07. The molecule has 0 fully saturated rings. The van der Waals surface area contributed by atoms with Crippen LogP contribution in [-0.2, 0) is 9.59 Å². The molecule has 188 valence electrons. The van der Waals surface area contributed by atoms with Crippen LogP contribution in [0.2, 0.25) is 0 Å². The van der Waals surface area contributed by atoms with E-state index >= 15 is 0 Å². The first-order chi connectivity index (χ1) is 17.3. The topological polar surface area (TPSA) is 107 Å². The number of hydrogen-bond donors (Lipinski definition) is 2. The summed E-state index contributed by atoms with van der Waals surface area (Å²) >= 11 is 0. The second-order valence-electron chi connectivity index (χ2n) is 9.27. The molecule has 0 radical (unpaired) electrons. The molecule has 3 aromatic rings. The molecule has 1 amide bonds. The molecule has 36 heavy (non-hydrogen) atoms. The number of hydrogen-bond acceptors (Lipinski definition) is 6. The van der Waals surface area contributed by atoms with Gasteiger partial charge in [-0.25, -0.2) is 4.98 Å². The maximum absolute atomic E-state index is 12.1. The highest BCUT2D eigenvalue weighted by Crippen LogP contribution is 2.36. The number of nitrogens with one attached hydrogen (secondary N) is 1. The van der Waals surface area contributed by atoms with Gasteiger partial charge in [0.2, 0.25) is 18.6 Å². The van der Waals surface area contributed by atoms with Crippen molar-refractivity contribution in [3.8, 4) is 39.8 Å². The monoisotopic (exact) mass is 490 g/mol. The van der Waals surface area contributed by atoms with Crippen molar-refractivity contribution in [3.63, 3.8) is 0 Å². The fourth-order valence-electron chi connectivity index (χ4n) is 3.92. The molecule has 0 saturated carbocycles. The SMILES string of the molecule is CC(C)(CCCCOc1cccc(-c2ccc(-c3ccc4c(c3)OCO4)cc2)n1)C(=O)NCC(=O)O. The summed E-state index contributed by atoms with van der Waals surface area (Å²) in [5.41, 5.74) is 3.29. The van der Waals surface area contributed by atoms with Crippen LogP contribution in [0.1, 0.15) is 33.1 Å². The zero-order valence-electron chi connectivity index (χ0n) is 20.5. The third-order valence-corrected chi connectivity index (χ3v) is 6.07. The maximum atomic E-state index is 12.1. The number of carboxylic acids is 1. The van der Waals surface area contributed by atoms with Gasteiger partial charge in [-0.1, -0.05) is 50.2 Å². The highest BCUT2D eigenvalue weighted by atomic mass is 16.7. The molecule has 2 N–H and O–H groups in total. The predicted molar refractivity (Wildman–Crippen MR) is 135 cm³/mol. The number of nitrogens with zero attached hydrogens (tertiary/aromatic N) is 1. The summed E-state index contributed by atoms with van der Waals surface area (Å²) in [6.45, 7) is 3.99. The number of aliphatic carboxylic acids is 1. The van der Waals surface area contributed by atoms with Crippen LogP contribution in [-0.4, -0.2) is 41.9 Å². The Bertz CT molecular complexity index is 1220. The Morgan fingerprint density at radius 2 is 1.69 bits per heavy atom. The summed E-state index contributed by atoms with van der Waals surface area (Å²) in [5.74, 6) is 0.757. The molecular formula is C28H30N2O6. The second kappa shape index (κ2) is 11.1. The molecule has 0 aliphatic carbocycles. The molecule has 1 aliphatic heterocycles. The van der Waals surface area contributed by atoms with E-state index in [-0.39, 0.29) is 19.2 Å². The van der Waals surface area contributed by atoms with Crippen molar-refractivity contribution in [3.05, 3.63) is 60.7 Å². The number of ether oxygens (including phenoxy) is 3. The first-order valence-corrected chi connectivity index (χ1v) is 11.9. The van der Waals surface area contributed by atoms with Gasteiger partial charge in [-0.15, -0.1) is 0 Å². The number of carbonyl (C=O) groups excluding carboxylic acids is 1. The van der Waals surface area contributed by atoms with Gasteiger partial charge in [-0.05, 0) is 48.6 Å². The van der Waals surface area contributed by atoms with Crippen molar-refractivity contribution in [2.45, 2.75) is 33.1 Å². The van der Waals surface area contributed by atoms with Gasteiger partial charge in [0.25, 0.3) is 0 Å². The van der Waals surface area contributed by atoms with Crippen LogP contribution in [0.25, 0.3) is 22.4 Å². The van der Waals surface area contributed by atoms with E-state index in [4.69, 9.17) is 19.3 Å². The molecule has 0 spiro atoms. The van der Waals surface area contributed by atoms with Gasteiger partial charge in [-0.2, -0.15) is 0 Å². The van der Waals surface area contributed by atoms with Crippen LogP contribution in [0.4, 0.5) is 0 Å². The van der Waals surface area contributed by atoms with Gasteiger partial charge >= 0.3 is 5.97 Å². The molecule has 2 aromatic carbocycles. The Labute approximate surface area is 210 Å². The lowest BCUT2D eigenvalue weighted by atomic mass is 9.86. The number of benzene rings is 2. The normalized spacial score (nSPS) is 12.3. The molecule has 0 atom stereocenters. The number of aromatic nitrogens is 1. The largest absolute Gasteiger partial charge is 0.480 e. The minimum Gasteiger partial charge on any atom is -0.480 e. The van der Waals surface area contributed by atoms with Crippen LogP contribution < -0.4 is 19.5 Å². The van der Waals surface area contributed by atoms with E-state index < -0.39 is 11.4 Å². The summed E-state index contributed by atoms with van der Waals surface area (Å²) in [6.07, 6.45) is 2.16. The molecule has 1 aliphatic rings. The minimum absolute atomic E-state index is 0.255. The Morgan fingerprint density at radius 3 is 2.47 bits per heavy atom. The molecule has 0 unspecified atom stereocenters. The predicted octanol–water partition coefficient (Wildman–Crippen LogP) is 4.92. The zero-order chi connectivity index (χ0) is 25.5. The van der Waals surface area contributed by atoms with Crippen molar-refractivity contribution >= 4 is 11.9 Å². The van der Waals surface area contributed by atoms with Gasteiger partial charge in [0, 0.05) is 17.0 Å². The van der Waals surface area contributed by atoms with E-state index in [1.54, 1.807) is 0 Å². The average Bonchev–Trinajstić information content (AvgIpc) is 3.35. The Kier molecular flexibility index (Phi) is 7.73. The number of carboxylic acid groups (broad SMARTS) is 1. The number of carbonyl (C=O) groups is 2. The van der Waals surface area contributed by atoms with E-state index in [0.717, 1.165) is 46.7 Å². The van der Waals surface area contributed by atoms with Crippen LogP contribution in [0, 0.1) is 5.41 Å². The number of pyridine rings is 1. The highest BCUT2D eigenvalue weighted by molar-refractivity contribution is 5.85. The summed E-state index contributed by atoms with van der Waals surface area (Å²) in [6, 6.07) is 19.8. The lowest BCUT2D eigenvalue weighted by Gasteiger charge is -2.23. The maximum Gasteiger partial charge on any atom is 0.322 e. The van der Waals surface area contributed by atoms with Crippen LogP contribution in [0.5, 0.6) is 17.4 Å². The Hall–Kier alpha value is -4.07. The fourth-order valence-corrected chi connectivity index (χ4v) is 3.92. The van der Waals surface area contributed by atoms with Crippen molar-refractivity contribution in [2.24, 2.45) is 5.41 Å². The highest BCUT2D eigenvalue weighted by Gasteiger charge is 2.27. The molecule has 1 aromatic heterocycles. The van der Waals surface area contributed by atoms with E-state index in [1.807, 2.05) is 62.4 Å². The van der Waals surface area contributed by atoms with Crippen molar-refractivity contribution in [2.75, 3.05) is 19.9 Å². The van der Waals surface area contributed by atoms with Crippen molar-refractivity contribution in [1.82, 2.24) is 10.3 Å². The zero-order valence-corrected chi connectivity index (χ0v) is 20.5. The first kappa shape index (κ1) is 25.0. The summed E-state index contributed by atoms with van der Waals surface area (Å²) in [5, 5.41) is 11.2. The van der Waals surface area contributed by atoms with E-state index in [9.17, 15) is 9.59 Å². The van der Waals surface area contributed by atoms with E-state index in [1.165, 1.54) is 0 Å². The second-order valence-corrected chi connectivity index (χ2v) is 9.27. The van der Waals surface area contributed by atoms with Gasteiger partial charge < -0.3 is 24.6 Å². The van der Waals surface area contributed by atoms with Crippen molar-refractivity contribution < 1.29 is 28.9 Å². The van der Waals surface area contributed by atoms with Crippen LogP contribution in [0.3, 0.4) is 0 Å². The van der Waals surface area contributed by atoms with Crippen molar-refractivity contribution in [1.29, 1.82) is 0 Å². The van der Waals surface area contributed by atoms with Gasteiger partial charge in [0.05, 0.1) is 12.3 Å². The Balaban J connectivity index is 1.28. The summed E-state index contributed by atoms with van der Waals surface area (Å²) in [4.78, 5) is 27.4. The van der Waals surface area contributed by atoms with Gasteiger partial charge in [0.15, 0.2) is 11.5 Å². The summed E-state index contributed by atoms with van der Waals surface area (Å²) < 4.78 is 16.7. The first-order valence-electron chi connectivity index (χ1n) is 11.9. The minimum atomic E-state index is -1.05. The number of fused-ring (bicyclic) bond motifs is 1. The molecule has 0 bridgehead atoms.